The van der Waals surface area contributed by atoms with E-state index in [2.05, 4.69) is 20.5 Å². The van der Waals surface area contributed by atoms with Crippen LogP contribution in [0.3, 0.4) is 0 Å². The Bertz CT molecular complexity index is 579. The van der Waals surface area contributed by atoms with E-state index in [1.807, 2.05) is 51.1 Å². The van der Waals surface area contributed by atoms with Crippen molar-refractivity contribution in [1.29, 1.82) is 0 Å². The number of likely N-dealkylation sites (tertiary alicyclic amines) is 1. The summed E-state index contributed by atoms with van der Waals surface area (Å²) in [7, 11) is 1.75. The summed E-state index contributed by atoms with van der Waals surface area (Å²) in [6.07, 6.45) is 2.09. The highest BCUT2D eigenvalue weighted by Gasteiger charge is 2.23. The Morgan fingerprint density at radius 2 is 1.85 bits per heavy atom. The van der Waals surface area contributed by atoms with E-state index in [-0.39, 0.29) is 48.1 Å². The summed E-state index contributed by atoms with van der Waals surface area (Å²) in [5, 5.41) is 6.09. The maximum atomic E-state index is 11.9. The van der Waals surface area contributed by atoms with Crippen molar-refractivity contribution >= 4 is 35.8 Å². The lowest BCUT2D eigenvalue weighted by molar-refractivity contribution is -0.121. The van der Waals surface area contributed by atoms with Crippen molar-refractivity contribution in [3.05, 3.63) is 30.3 Å². The van der Waals surface area contributed by atoms with E-state index in [0.29, 0.717) is 0 Å². The largest absolute Gasteiger partial charge is 0.490 e. The van der Waals surface area contributed by atoms with Gasteiger partial charge in [0.05, 0.1) is 6.54 Å². The summed E-state index contributed by atoms with van der Waals surface area (Å²) >= 11 is 0. The lowest BCUT2D eigenvalue weighted by Gasteiger charge is -2.34. The zero-order valence-electron chi connectivity index (χ0n) is 16.1. The first-order valence-electron chi connectivity index (χ1n) is 8.86. The first-order valence-corrected chi connectivity index (χ1v) is 8.86. The predicted octanol–water partition coefficient (Wildman–Crippen LogP) is 2.64. The van der Waals surface area contributed by atoms with E-state index in [9.17, 15) is 4.79 Å². The van der Waals surface area contributed by atoms with E-state index < -0.39 is 0 Å². The highest BCUT2D eigenvalue weighted by molar-refractivity contribution is 14.0. The second kappa shape index (κ2) is 10.6. The van der Waals surface area contributed by atoms with Crippen LogP contribution in [0.2, 0.25) is 0 Å². The minimum atomic E-state index is -0.227. The summed E-state index contributed by atoms with van der Waals surface area (Å²) in [5.41, 5.74) is -0.227. The monoisotopic (exact) mass is 474 g/mol. The summed E-state index contributed by atoms with van der Waals surface area (Å²) < 4.78 is 6.02. The van der Waals surface area contributed by atoms with Crippen LogP contribution < -0.4 is 15.4 Å². The molecule has 0 aliphatic carbocycles. The number of halogens is 1. The molecule has 0 atom stereocenters. The highest BCUT2D eigenvalue weighted by atomic mass is 127. The molecule has 1 aliphatic heterocycles. The molecule has 6 nitrogen and oxygen atoms in total. The van der Waals surface area contributed by atoms with Crippen LogP contribution in [0, 0.1) is 0 Å². The van der Waals surface area contributed by atoms with Gasteiger partial charge in [-0.3, -0.25) is 9.79 Å². The lowest BCUT2D eigenvalue weighted by atomic mass is 10.1. The number of guanidine groups is 1. The van der Waals surface area contributed by atoms with Gasteiger partial charge in [-0.2, -0.15) is 0 Å². The zero-order valence-corrected chi connectivity index (χ0v) is 18.4. The first-order chi connectivity index (χ1) is 11.9. The molecule has 26 heavy (non-hydrogen) atoms. The van der Waals surface area contributed by atoms with Crippen molar-refractivity contribution in [1.82, 2.24) is 15.5 Å². The fraction of sp³-hybridized carbons (Fsp3) is 0.579. The number of amides is 1. The van der Waals surface area contributed by atoms with Gasteiger partial charge in [0.1, 0.15) is 11.9 Å². The SMILES string of the molecule is CN=C(NCC(=O)NC(C)(C)C)N1CCC(Oc2ccccc2)CC1.I. The number of benzene rings is 1. The Morgan fingerprint density at radius 1 is 1.23 bits per heavy atom. The molecule has 7 heteroatoms. The van der Waals surface area contributed by atoms with E-state index >= 15 is 0 Å². The Labute approximate surface area is 173 Å². The van der Waals surface area contributed by atoms with Gasteiger partial charge >= 0.3 is 0 Å². The molecule has 1 heterocycles. The second-order valence-electron chi connectivity index (χ2n) is 7.32. The van der Waals surface area contributed by atoms with Crippen LogP contribution in [0.25, 0.3) is 0 Å². The Morgan fingerprint density at radius 3 is 2.38 bits per heavy atom. The van der Waals surface area contributed by atoms with Gasteiger partial charge in [0, 0.05) is 38.5 Å². The molecule has 0 radical (unpaired) electrons. The molecule has 1 aromatic carbocycles. The van der Waals surface area contributed by atoms with E-state index in [4.69, 9.17) is 4.74 Å². The lowest BCUT2D eigenvalue weighted by Crippen LogP contribution is -2.51. The van der Waals surface area contributed by atoms with E-state index in [1.54, 1.807) is 7.05 Å². The number of para-hydroxylation sites is 1. The third-order valence-electron chi connectivity index (χ3n) is 3.92. The number of nitrogens with zero attached hydrogens (tertiary/aromatic N) is 2. The van der Waals surface area contributed by atoms with Crippen LogP contribution in [-0.4, -0.2) is 55.1 Å². The Hall–Kier alpha value is -1.51. The van der Waals surface area contributed by atoms with Gasteiger partial charge in [-0.15, -0.1) is 24.0 Å². The quantitative estimate of drug-likeness (QED) is 0.400. The molecule has 1 aromatic rings. The molecule has 1 aliphatic rings. The number of ether oxygens (including phenoxy) is 1. The van der Waals surface area contributed by atoms with Crippen LogP contribution in [0.4, 0.5) is 0 Å². The van der Waals surface area contributed by atoms with Crippen molar-refractivity contribution < 1.29 is 9.53 Å². The van der Waals surface area contributed by atoms with Gasteiger partial charge < -0.3 is 20.3 Å². The topological polar surface area (TPSA) is 66.0 Å². The van der Waals surface area contributed by atoms with Gasteiger partial charge in [0.25, 0.3) is 0 Å². The molecular formula is C19H31IN4O2. The van der Waals surface area contributed by atoms with Crippen molar-refractivity contribution in [2.24, 2.45) is 4.99 Å². The maximum Gasteiger partial charge on any atom is 0.239 e. The Kier molecular flexibility index (Phi) is 9.18. The standard InChI is InChI=1S/C19H30N4O2.HI/c1-19(2,3)22-17(24)14-21-18(20-4)23-12-10-16(11-13-23)25-15-8-6-5-7-9-15;/h5-9,16H,10-14H2,1-4H3,(H,20,21)(H,22,24);1H. The second-order valence-corrected chi connectivity index (χ2v) is 7.32. The molecule has 0 aromatic heterocycles. The van der Waals surface area contributed by atoms with Crippen molar-refractivity contribution in [3.63, 3.8) is 0 Å². The Balaban J connectivity index is 0.00000338. The average molecular weight is 474 g/mol. The van der Waals surface area contributed by atoms with Gasteiger partial charge in [0.15, 0.2) is 5.96 Å². The molecule has 0 bridgehead atoms. The molecule has 0 saturated carbocycles. The minimum absolute atomic E-state index is 0. The average Bonchev–Trinajstić information content (AvgIpc) is 2.56. The summed E-state index contributed by atoms with van der Waals surface area (Å²) in [5.74, 6) is 1.65. The summed E-state index contributed by atoms with van der Waals surface area (Å²) in [6.45, 7) is 7.85. The minimum Gasteiger partial charge on any atom is -0.490 e. The fourth-order valence-corrected chi connectivity index (χ4v) is 2.83. The van der Waals surface area contributed by atoms with Gasteiger partial charge in [-0.25, -0.2) is 0 Å². The van der Waals surface area contributed by atoms with Crippen LogP contribution in [-0.2, 0) is 4.79 Å². The van der Waals surface area contributed by atoms with Crippen molar-refractivity contribution in [2.75, 3.05) is 26.7 Å². The smallest absolute Gasteiger partial charge is 0.239 e. The van der Waals surface area contributed by atoms with Crippen molar-refractivity contribution in [2.45, 2.75) is 45.3 Å². The van der Waals surface area contributed by atoms with Crippen LogP contribution in [0.5, 0.6) is 5.75 Å². The third-order valence-corrected chi connectivity index (χ3v) is 3.92. The number of carbonyl (C=O) groups is 1. The zero-order chi connectivity index (χ0) is 18.3. The number of aliphatic imine (C=N–C) groups is 1. The first kappa shape index (κ1) is 22.5. The number of piperidine rings is 1. The van der Waals surface area contributed by atoms with E-state index in [0.717, 1.165) is 37.6 Å². The van der Waals surface area contributed by atoms with Crippen LogP contribution >= 0.6 is 24.0 Å². The van der Waals surface area contributed by atoms with Gasteiger partial charge in [-0.05, 0) is 32.9 Å². The van der Waals surface area contributed by atoms with Crippen LogP contribution in [0.1, 0.15) is 33.6 Å². The number of hydrogen-bond donors (Lipinski definition) is 2. The normalized spacial score (nSPS) is 15.8. The molecule has 0 spiro atoms. The van der Waals surface area contributed by atoms with Crippen LogP contribution in [0.15, 0.2) is 35.3 Å². The molecule has 2 N–H and O–H groups in total. The fourth-order valence-electron chi connectivity index (χ4n) is 2.83. The number of nitrogens with one attached hydrogen (secondary N) is 2. The number of carbonyl (C=O) groups excluding carboxylic acids is 1. The summed E-state index contributed by atoms with van der Waals surface area (Å²) in [4.78, 5) is 18.4. The summed E-state index contributed by atoms with van der Waals surface area (Å²) in [6, 6.07) is 9.93. The molecular weight excluding hydrogens is 443 g/mol. The molecule has 1 fully saturated rings. The maximum absolute atomic E-state index is 11.9. The van der Waals surface area contributed by atoms with Gasteiger partial charge in [0.2, 0.25) is 5.91 Å². The van der Waals surface area contributed by atoms with E-state index in [1.165, 1.54) is 0 Å². The molecule has 1 amide bonds. The molecule has 2 rings (SSSR count). The van der Waals surface area contributed by atoms with Crippen molar-refractivity contribution in [3.8, 4) is 5.75 Å². The highest BCUT2D eigenvalue weighted by Crippen LogP contribution is 2.18. The number of hydrogen-bond acceptors (Lipinski definition) is 3. The molecule has 146 valence electrons. The molecule has 1 saturated heterocycles. The predicted molar refractivity (Wildman–Crippen MR) is 116 cm³/mol. The van der Waals surface area contributed by atoms with Gasteiger partial charge in [-0.1, -0.05) is 18.2 Å². The number of rotatable bonds is 4. The third kappa shape index (κ3) is 7.80. The molecule has 0 unspecified atom stereocenters.